The molecule has 0 amide bonds. The molecule has 34 heavy (non-hydrogen) atoms. The first kappa shape index (κ1) is 21.4. The molecule has 0 spiro atoms. The number of aromatic nitrogens is 2. The van der Waals surface area contributed by atoms with Crippen molar-refractivity contribution in [3.05, 3.63) is 168 Å². The Balaban J connectivity index is 1.66. The number of nitrogens with zero attached hydrogens (tertiary/aromatic N) is 2. The van der Waals surface area contributed by atoms with Crippen molar-refractivity contribution in [2.45, 2.75) is 5.54 Å². The topological polar surface area (TPSA) is 34.9 Å². The average Bonchev–Trinajstić information content (AvgIpc) is 3.41. The van der Waals surface area contributed by atoms with Gasteiger partial charge in [0.25, 0.3) is 0 Å². The lowest BCUT2D eigenvalue weighted by Crippen LogP contribution is -2.37. The highest BCUT2D eigenvalue weighted by Crippen LogP contribution is 2.40. The molecule has 0 N–H and O–H groups in total. The Morgan fingerprint density at radius 1 is 0.647 bits per heavy atom. The van der Waals surface area contributed by atoms with E-state index in [4.69, 9.17) is 0 Å². The Bertz CT molecular complexity index is 1290. The van der Waals surface area contributed by atoms with Crippen molar-refractivity contribution in [3.8, 4) is 0 Å². The summed E-state index contributed by atoms with van der Waals surface area (Å²) in [4.78, 5) is 17.5. The van der Waals surface area contributed by atoms with Gasteiger partial charge in [-0.25, -0.2) is 4.98 Å². The zero-order valence-corrected chi connectivity index (χ0v) is 18.7. The normalized spacial score (nSPS) is 11.5. The molecule has 1 heterocycles. The van der Waals surface area contributed by atoms with E-state index >= 15 is 0 Å². The monoisotopic (exact) mass is 440 g/mol. The fourth-order valence-corrected chi connectivity index (χ4v) is 4.44. The highest BCUT2D eigenvalue weighted by Gasteiger charge is 2.38. The lowest BCUT2D eigenvalue weighted by atomic mass is 9.77. The van der Waals surface area contributed by atoms with E-state index in [-0.39, 0.29) is 5.78 Å². The molecule has 0 saturated heterocycles. The predicted octanol–water partition coefficient (Wildman–Crippen LogP) is 6.62. The Morgan fingerprint density at radius 3 is 1.56 bits per heavy atom. The quantitative estimate of drug-likeness (QED) is 0.162. The smallest absolute Gasteiger partial charge is 0.205 e. The van der Waals surface area contributed by atoms with E-state index in [9.17, 15) is 4.79 Å². The first-order valence-corrected chi connectivity index (χ1v) is 11.3. The van der Waals surface area contributed by atoms with Gasteiger partial charge in [0, 0.05) is 6.20 Å². The molecule has 0 aliphatic heterocycles. The minimum Gasteiger partial charge on any atom is -0.318 e. The highest BCUT2D eigenvalue weighted by atomic mass is 16.1. The Kier molecular flexibility index (Phi) is 6.00. The molecule has 0 bridgehead atoms. The van der Waals surface area contributed by atoms with Crippen molar-refractivity contribution < 1.29 is 4.79 Å². The summed E-state index contributed by atoms with van der Waals surface area (Å²) >= 11 is 0. The standard InChI is InChI=1S/C31H24N2O/c34-30(22-21-25-13-5-1-6-14-25)29-23-33(24-32-29)31(26-15-7-2-8-16-26,27-17-9-3-10-18-27)28-19-11-4-12-20-28/h1-24H. The summed E-state index contributed by atoms with van der Waals surface area (Å²) in [6, 6.07) is 40.8. The minimum atomic E-state index is -0.682. The second-order valence-electron chi connectivity index (χ2n) is 8.08. The molecule has 5 aromatic rings. The summed E-state index contributed by atoms with van der Waals surface area (Å²) in [5.41, 5.74) is 3.95. The lowest BCUT2D eigenvalue weighted by molar-refractivity contribution is 0.104. The molecule has 0 aliphatic rings. The fraction of sp³-hybridized carbons (Fsp3) is 0.0323. The Hall–Kier alpha value is -4.50. The van der Waals surface area contributed by atoms with Crippen LogP contribution in [0, 0.1) is 0 Å². The van der Waals surface area contributed by atoms with Crippen molar-refractivity contribution in [1.82, 2.24) is 9.55 Å². The van der Waals surface area contributed by atoms with E-state index in [0.29, 0.717) is 5.69 Å². The molecular formula is C31H24N2O. The maximum atomic E-state index is 13.0. The number of ketones is 1. The molecule has 0 aliphatic carbocycles. The zero-order chi connectivity index (χ0) is 23.2. The van der Waals surface area contributed by atoms with Gasteiger partial charge in [-0.15, -0.1) is 0 Å². The Morgan fingerprint density at radius 2 is 1.09 bits per heavy atom. The summed E-state index contributed by atoms with van der Waals surface area (Å²) in [5.74, 6) is -0.134. The number of imidazole rings is 1. The van der Waals surface area contributed by atoms with E-state index in [0.717, 1.165) is 22.3 Å². The molecule has 0 fully saturated rings. The van der Waals surface area contributed by atoms with E-state index in [2.05, 4.69) is 45.9 Å². The molecule has 3 heteroatoms. The Labute approximate surface area is 199 Å². The maximum absolute atomic E-state index is 13.0. The molecule has 164 valence electrons. The molecule has 3 nitrogen and oxygen atoms in total. The molecule has 1 aromatic heterocycles. The maximum Gasteiger partial charge on any atom is 0.205 e. The number of hydrogen-bond donors (Lipinski definition) is 0. The van der Waals surface area contributed by atoms with Crippen molar-refractivity contribution in [3.63, 3.8) is 0 Å². The van der Waals surface area contributed by atoms with Gasteiger partial charge < -0.3 is 4.57 Å². The van der Waals surface area contributed by atoms with Crippen LogP contribution in [0.25, 0.3) is 6.08 Å². The number of rotatable bonds is 7. The van der Waals surface area contributed by atoms with Crippen LogP contribution in [-0.4, -0.2) is 15.3 Å². The molecule has 0 unspecified atom stereocenters. The number of benzene rings is 4. The largest absolute Gasteiger partial charge is 0.318 e. The van der Waals surface area contributed by atoms with Crippen LogP contribution in [0.4, 0.5) is 0 Å². The number of allylic oxidation sites excluding steroid dienone is 1. The minimum absolute atomic E-state index is 0.134. The van der Waals surface area contributed by atoms with Crippen molar-refractivity contribution in [2.24, 2.45) is 0 Å². The van der Waals surface area contributed by atoms with Crippen LogP contribution < -0.4 is 0 Å². The third-order valence-electron chi connectivity index (χ3n) is 6.02. The molecule has 4 aromatic carbocycles. The highest BCUT2D eigenvalue weighted by molar-refractivity contribution is 6.05. The summed E-state index contributed by atoms with van der Waals surface area (Å²) in [6.07, 6.45) is 7.01. The van der Waals surface area contributed by atoms with Gasteiger partial charge >= 0.3 is 0 Å². The second-order valence-corrected chi connectivity index (χ2v) is 8.08. The van der Waals surface area contributed by atoms with Crippen LogP contribution in [0.15, 0.2) is 140 Å². The van der Waals surface area contributed by atoms with Crippen molar-refractivity contribution in [2.75, 3.05) is 0 Å². The molecule has 0 radical (unpaired) electrons. The second kappa shape index (κ2) is 9.55. The van der Waals surface area contributed by atoms with Crippen LogP contribution in [0.3, 0.4) is 0 Å². The van der Waals surface area contributed by atoms with E-state index in [1.807, 2.05) is 97.2 Å². The first-order valence-electron chi connectivity index (χ1n) is 11.3. The first-order chi connectivity index (χ1) is 16.8. The van der Waals surface area contributed by atoms with Gasteiger partial charge in [-0.2, -0.15) is 0 Å². The van der Waals surface area contributed by atoms with Crippen LogP contribution in [0.1, 0.15) is 32.7 Å². The molecule has 5 rings (SSSR count). The van der Waals surface area contributed by atoms with Gasteiger partial charge in [0.2, 0.25) is 5.78 Å². The SMILES string of the molecule is O=C(C=Cc1ccccc1)c1cn(C(c2ccccc2)(c2ccccc2)c2ccccc2)cn1. The van der Waals surface area contributed by atoms with Gasteiger partial charge in [-0.3, -0.25) is 4.79 Å². The molecule has 0 atom stereocenters. The third kappa shape index (κ3) is 4.00. The van der Waals surface area contributed by atoms with Gasteiger partial charge in [-0.05, 0) is 28.3 Å². The van der Waals surface area contributed by atoms with Gasteiger partial charge in [-0.1, -0.05) is 127 Å². The zero-order valence-electron chi connectivity index (χ0n) is 18.7. The van der Waals surface area contributed by atoms with Crippen LogP contribution in [-0.2, 0) is 5.54 Å². The summed E-state index contributed by atoms with van der Waals surface area (Å²) in [6.45, 7) is 0. The number of carbonyl (C=O) groups is 1. The van der Waals surface area contributed by atoms with Crippen LogP contribution in [0.2, 0.25) is 0 Å². The van der Waals surface area contributed by atoms with Gasteiger partial charge in [0.15, 0.2) is 0 Å². The molecular weight excluding hydrogens is 416 g/mol. The molecule has 0 saturated carbocycles. The van der Waals surface area contributed by atoms with E-state index < -0.39 is 5.54 Å². The summed E-state index contributed by atoms with van der Waals surface area (Å²) in [5, 5.41) is 0. The van der Waals surface area contributed by atoms with Crippen LogP contribution in [0.5, 0.6) is 0 Å². The summed E-state index contributed by atoms with van der Waals surface area (Å²) < 4.78 is 2.05. The van der Waals surface area contributed by atoms with Crippen molar-refractivity contribution in [1.29, 1.82) is 0 Å². The van der Waals surface area contributed by atoms with Gasteiger partial charge in [0.05, 0.1) is 6.33 Å². The van der Waals surface area contributed by atoms with Crippen molar-refractivity contribution >= 4 is 11.9 Å². The summed E-state index contributed by atoms with van der Waals surface area (Å²) in [7, 11) is 0. The fourth-order valence-electron chi connectivity index (χ4n) is 4.44. The van der Waals surface area contributed by atoms with E-state index in [1.54, 1.807) is 12.4 Å². The average molecular weight is 441 g/mol. The van der Waals surface area contributed by atoms with E-state index in [1.165, 1.54) is 0 Å². The lowest BCUT2D eigenvalue weighted by Gasteiger charge is -2.37. The number of carbonyl (C=O) groups excluding carboxylic acids is 1. The van der Waals surface area contributed by atoms with Crippen LogP contribution >= 0.6 is 0 Å². The predicted molar refractivity (Wildman–Crippen MR) is 137 cm³/mol. The van der Waals surface area contributed by atoms with Gasteiger partial charge in [0.1, 0.15) is 11.2 Å². The number of hydrogen-bond acceptors (Lipinski definition) is 2. The third-order valence-corrected chi connectivity index (χ3v) is 6.02.